The van der Waals surface area contributed by atoms with E-state index in [1.807, 2.05) is 4.90 Å². The number of amides is 2. The molecule has 1 saturated carbocycles. The molecule has 0 aromatic rings. The van der Waals surface area contributed by atoms with Crippen LogP contribution in [0.2, 0.25) is 0 Å². The standard InChI is InChI=1S/C21H38N4O3/c1-22-20(26)19(17-7-4-3-5-8-17)25-10-6-9-18(25)21(27)24-13-11-23(12-14-24)15-16-28-2/h17-19H,3-16H2,1-2H3,(H,22,26)/t18-,19+/m0/s1. The maximum absolute atomic E-state index is 13.3. The number of carbonyl (C=O) groups excluding carboxylic acids is 2. The van der Waals surface area contributed by atoms with Gasteiger partial charge in [0.2, 0.25) is 11.8 Å². The quantitative estimate of drug-likeness (QED) is 0.696. The zero-order chi connectivity index (χ0) is 19.9. The van der Waals surface area contributed by atoms with E-state index in [2.05, 4.69) is 15.1 Å². The summed E-state index contributed by atoms with van der Waals surface area (Å²) in [5.41, 5.74) is 0. The zero-order valence-corrected chi connectivity index (χ0v) is 17.7. The molecule has 3 aliphatic rings. The average molecular weight is 395 g/mol. The zero-order valence-electron chi connectivity index (χ0n) is 17.7. The Balaban J connectivity index is 1.63. The molecule has 28 heavy (non-hydrogen) atoms. The van der Waals surface area contributed by atoms with Crippen LogP contribution in [0.1, 0.15) is 44.9 Å². The van der Waals surface area contributed by atoms with Crippen LogP contribution in [0.25, 0.3) is 0 Å². The van der Waals surface area contributed by atoms with Crippen LogP contribution in [0.3, 0.4) is 0 Å². The molecule has 7 nitrogen and oxygen atoms in total. The van der Waals surface area contributed by atoms with Crippen molar-refractivity contribution in [2.45, 2.75) is 57.0 Å². The second-order valence-electron chi connectivity index (χ2n) is 8.51. The Morgan fingerprint density at radius 1 is 1.00 bits per heavy atom. The summed E-state index contributed by atoms with van der Waals surface area (Å²) in [5, 5.41) is 2.88. The largest absolute Gasteiger partial charge is 0.383 e. The van der Waals surface area contributed by atoms with Gasteiger partial charge in [0.25, 0.3) is 0 Å². The molecule has 0 spiro atoms. The van der Waals surface area contributed by atoms with Crippen molar-refractivity contribution in [3.8, 4) is 0 Å². The lowest BCUT2D eigenvalue weighted by atomic mass is 9.82. The Morgan fingerprint density at radius 2 is 1.71 bits per heavy atom. The summed E-state index contributed by atoms with van der Waals surface area (Å²) in [7, 11) is 3.45. The van der Waals surface area contributed by atoms with Crippen LogP contribution in [0.4, 0.5) is 0 Å². The summed E-state index contributed by atoms with van der Waals surface area (Å²) < 4.78 is 5.16. The third-order valence-electron chi connectivity index (χ3n) is 6.84. The molecule has 160 valence electrons. The maximum atomic E-state index is 13.3. The minimum absolute atomic E-state index is 0.0935. The molecule has 2 heterocycles. The highest BCUT2D eigenvalue weighted by atomic mass is 16.5. The van der Waals surface area contributed by atoms with Gasteiger partial charge in [0.1, 0.15) is 0 Å². The summed E-state index contributed by atoms with van der Waals surface area (Å²) in [4.78, 5) is 32.8. The molecular weight excluding hydrogens is 356 g/mol. The molecule has 0 aromatic heterocycles. The normalized spacial score (nSPS) is 26.4. The van der Waals surface area contributed by atoms with Gasteiger partial charge in [0.05, 0.1) is 18.7 Å². The van der Waals surface area contributed by atoms with Crippen molar-refractivity contribution in [3.63, 3.8) is 0 Å². The fraction of sp³-hybridized carbons (Fsp3) is 0.905. The fourth-order valence-corrected chi connectivity index (χ4v) is 5.24. The topological polar surface area (TPSA) is 65.1 Å². The number of ether oxygens (including phenoxy) is 1. The van der Waals surface area contributed by atoms with Crippen LogP contribution in [0.15, 0.2) is 0 Å². The predicted octanol–water partition coefficient (Wildman–Crippen LogP) is 0.936. The molecule has 0 unspecified atom stereocenters. The molecular formula is C21H38N4O3. The highest BCUT2D eigenvalue weighted by Gasteiger charge is 2.43. The molecule has 1 N–H and O–H groups in total. The molecule has 0 aromatic carbocycles. The first-order chi connectivity index (χ1) is 13.7. The van der Waals surface area contributed by atoms with Crippen molar-refractivity contribution >= 4 is 11.8 Å². The number of likely N-dealkylation sites (N-methyl/N-ethyl adjacent to an activating group) is 1. The number of hydrogen-bond donors (Lipinski definition) is 1. The van der Waals surface area contributed by atoms with Crippen LogP contribution < -0.4 is 5.32 Å². The van der Waals surface area contributed by atoms with Crippen molar-refractivity contribution in [3.05, 3.63) is 0 Å². The van der Waals surface area contributed by atoms with Crippen molar-refractivity contribution in [1.29, 1.82) is 0 Å². The number of piperazine rings is 1. The van der Waals surface area contributed by atoms with Crippen molar-refractivity contribution in [2.24, 2.45) is 5.92 Å². The van der Waals surface area contributed by atoms with Gasteiger partial charge in [-0.15, -0.1) is 0 Å². The number of nitrogens with zero attached hydrogens (tertiary/aromatic N) is 3. The van der Waals surface area contributed by atoms with Gasteiger partial charge in [-0.2, -0.15) is 0 Å². The number of likely N-dealkylation sites (tertiary alicyclic amines) is 1. The van der Waals surface area contributed by atoms with E-state index >= 15 is 0 Å². The third-order valence-corrected chi connectivity index (χ3v) is 6.84. The summed E-state index contributed by atoms with van der Waals surface area (Å²) >= 11 is 0. The molecule has 3 fully saturated rings. The highest BCUT2D eigenvalue weighted by Crippen LogP contribution is 2.33. The van der Waals surface area contributed by atoms with E-state index in [0.717, 1.165) is 71.6 Å². The summed E-state index contributed by atoms with van der Waals surface area (Å²) in [5.74, 6) is 0.706. The predicted molar refractivity (Wildman–Crippen MR) is 109 cm³/mol. The minimum atomic E-state index is -0.148. The number of hydrogen-bond acceptors (Lipinski definition) is 5. The first kappa shape index (κ1) is 21.5. The van der Waals surface area contributed by atoms with E-state index in [9.17, 15) is 9.59 Å². The van der Waals surface area contributed by atoms with E-state index < -0.39 is 0 Å². The van der Waals surface area contributed by atoms with E-state index in [-0.39, 0.29) is 23.9 Å². The average Bonchev–Trinajstić information content (AvgIpc) is 3.22. The maximum Gasteiger partial charge on any atom is 0.240 e. The van der Waals surface area contributed by atoms with Crippen LogP contribution in [-0.4, -0.2) is 98.6 Å². The number of carbonyl (C=O) groups is 2. The van der Waals surface area contributed by atoms with Crippen LogP contribution in [-0.2, 0) is 14.3 Å². The molecule has 3 rings (SSSR count). The Morgan fingerprint density at radius 3 is 2.36 bits per heavy atom. The van der Waals surface area contributed by atoms with Crippen molar-refractivity contribution in [1.82, 2.24) is 20.0 Å². The summed E-state index contributed by atoms with van der Waals surface area (Å²) in [6, 6.07) is -0.278. The molecule has 2 aliphatic heterocycles. The third kappa shape index (κ3) is 5.05. The van der Waals surface area contributed by atoms with Gasteiger partial charge in [0, 0.05) is 46.9 Å². The summed E-state index contributed by atoms with van der Waals surface area (Å²) in [6.07, 6.45) is 7.77. The Bertz CT molecular complexity index is 516. The first-order valence-corrected chi connectivity index (χ1v) is 11.1. The Labute approximate surface area is 169 Å². The lowest BCUT2D eigenvalue weighted by Gasteiger charge is -2.41. The van der Waals surface area contributed by atoms with Crippen molar-refractivity contribution in [2.75, 3.05) is 60.0 Å². The molecule has 0 bridgehead atoms. The van der Waals surface area contributed by atoms with Crippen LogP contribution >= 0.6 is 0 Å². The van der Waals surface area contributed by atoms with E-state index in [1.54, 1.807) is 14.2 Å². The van der Waals surface area contributed by atoms with Gasteiger partial charge in [-0.25, -0.2) is 0 Å². The number of methoxy groups -OCH3 is 1. The first-order valence-electron chi connectivity index (χ1n) is 11.1. The fourth-order valence-electron chi connectivity index (χ4n) is 5.24. The molecule has 2 atom stereocenters. The second kappa shape index (κ2) is 10.6. The van der Waals surface area contributed by atoms with E-state index in [0.29, 0.717) is 5.92 Å². The van der Waals surface area contributed by atoms with Crippen LogP contribution in [0, 0.1) is 5.92 Å². The Hall–Kier alpha value is -1.18. The Kier molecular flexibility index (Phi) is 8.11. The highest BCUT2D eigenvalue weighted by molar-refractivity contribution is 5.86. The molecule has 7 heteroatoms. The molecule has 0 radical (unpaired) electrons. The van der Waals surface area contributed by atoms with Crippen LogP contribution in [0.5, 0.6) is 0 Å². The van der Waals surface area contributed by atoms with Gasteiger partial charge in [-0.1, -0.05) is 19.3 Å². The summed E-state index contributed by atoms with van der Waals surface area (Å²) in [6.45, 7) is 5.89. The smallest absolute Gasteiger partial charge is 0.240 e. The SMILES string of the molecule is CNC(=O)[C@@H](C1CCCCC1)N1CCC[C@H]1C(=O)N1CCN(CCOC)CC1. The van der Waals surface area contributed by atoms with Gasteiger partial charge < -0.3 is 15.0 Å². The van der Waals surface area contributed by atoms with E-state index in [4.69, 9.17) is 4.74 Å². The molecule has 2 saturated heterocycles. The molecule has 2 amide bonds. The lowest BCUT2D eigenvalue weighted by Crippen LogP contribution is -2.58. The lowest BCUT2D eigenvalue weighted by molar-refractivity contribution is -0.141. The van der Waals surface area contributed by atoms with Gasteiger partial charge in [-0.05, 0) is 38.1 Å². The number of nitrogens with one attached hydrogen (secondary N) is 1. The monoisotopic (exact) mass is 394 g/mol. The van der Waals surface area contributed by atoms with Crippen molar-refractivity contribution < 1.29 is 14.3 Å². The van der Waals surface area contributed by atoms with Gasteiger partial charge in [0.15, 0.2) is 0 Å². The van der Waals surface area contributed by atoms with E-state index in [1.165, 1.54) is 19.3 Å². The van der Waals surface area contributed by atoms with Gasteiger partial charge in [-0.3, -0.25) is 19.4 Å². The minimum Gasteiger partial charge on any atom is -0.383 e. The number of rotatable bonds is 7. The van der Waals surface area contributed by atoms with Gasteiger partial charge >= 0.3 is 0 Å². The molecule has 1 aliphatic carbocycles. The second-order valence-corrected chi connectivity index (χ2v) is 8.51.